The smallest absolute Gasteiger partial charge is 0.0444 e. The van der Waals surface area contributed by atoms with Crippen LogP contribution in [0, 0.1) is 5.92 Å². The molecule has 2 aliphatic rings. The summed E-state index contributed by atoms with van der Waals surface area (Å²) in [7, 11) is 0. The molecule has 3 rings (SSSR count). The average molecular weight is 278 g/mol. The fourth-order valence-electron chi connectivity index (χ4n) is 3.37. The van der Waals surface area contributed by atoms with Crippen LogP contribution in [0.25, 0.3) is 0 Å². The lowest BCUT2D eigenvalue weighted by molar-refractivity contribution is 0.233. The Morgan fingerprint density at radius 1 is 1.16 bits per heavy atom. The molecule has 1 aromatic rings. The van der Waals surface area contributed by atoms with Crippen LogP contribution in [0.3, 0.4) is 0 Å². The number of halogens is 1. The van der Waals surface area contributed by atoms with Gasteiger partial charge in [0.25, 0.3) is 0 Å². The highest BCUT2D eigenvalue weighted by Gasteiger charge is 2.38. The molecule has 0 unspecified atom stereocenters. The quantitative estimate of drug-likeness (QED) is 0.852. The van der Waals surface area contributed by atoms with Crippen molar-refractivity contribution in [2.45, 2.75) is 56.9 Å². The SMILES string of the molecule is CC1CCC(CNC2CC2)(c2ccccc2Cl)CC1. The van der Waals surface area contributed by atoms with Gasteiger partial charge in [-0.1, -0.05) is 36.7 Å². The van der Waals surface area contributed by atoms with Gasteiger partial charge in [0.1, 0.15) is 0 Å². The fourth-order valence-corrected chi connectivity index (χ4v) is 3.71. The van der Waals surface area contributed by atoms with Gasteiger partial charge in [-0.25, -0.2) is 0 Å². The van der Waals surface area contributed by atoms with E-state index in [9.17, 15) is 0 Å². The van der Waals surface area contributed by atoms with Gasteiger partial charge < -0.3 is 5.32 Å². The van der Waals surface area contributed by atoms with Crippen LogP contribution in [-0.2, 0) is 5.41 Å². The van der Waals surface area contributed by atoms with Crippen LogP contribution >= 0.6 is 11.6 Å². The van der Waals surface area contributed by atoms with Crippen molar-refractivity contribution < 1.29 is 0 Å². The maximum atomic E-state index is 6.49. The molecule has 0 spiro atoms. The zero-order valence-electron chi connectivity index (χ0n) is 11.8. The predicted octanol–water partition coefficient (Wildman–Crippen LogP) is 4.54. The molecule has 0 heterocycles. The summed E-state index contributed by atoms with van der Waals surface area (Å²) in [5.74, 6) is 0.872. The van der Waals surface area contributed by atoms with E-state index in [1.165, 1.54) is 44.1 Å². The maximum Gasteiger partial charge on any atom is 0.0444 e. The van der Waals surface area contributed by atoms with Crippen molar-refractivity contribution in [1.29, 1.82) is 0 Å². The van der Waals surface area contributed by atoms with Gasteiger partial charge in [0, 0.05) is 23.0 Å². The molecule has 1 nitrogen and oxygen atoms in total. The topological polar surface area (TPSA) is 12.0 Å². The minimum Gasteiger partial charge on any atom is -0.313 e. The number of hydrogen-bond donors (Lipinski definition) is 1. The molecule has 0 atom stereocenters. The largest absolute Gasteiger partial charge is 0.313 e. The van der Waals surface area contributed by atoms with Gasteiger partial charge in [0.15, 0.2) is 0 Å². The molecule has 0 aromatic heterocycles. The third-order valence-electron chi connectivity index (χ3n) is 4.98. The average Bonchev–Trinajstić information content (AvgIpc) is 3.24. The first kappa shape index (κ1) is 13.5. The van der Waals surface area contributed by atoms with E-state index in [2.05, 4.69) is 24.4 Å². The molecular weight excluding hydrogens is 254 g/mol. The first-order valence-corrected chi connectivity index (χ1v) is 8.06. The normalized spacial score (nSPS) is 31.4. The highest BCUT2D eigenvalue weighted by Crippen LogP contribution is 2.44. The van der Waals surface area contributed by atoms with E-state index in [4.69, 9.17) is 11.6 Å². The van der Waals surface area contributed by atoms with Gasteiger partial charge >= 0.3 is 0 Å². The van der Waals surface area contributed by atoms with E-state index in [0.717, 1.165) is 23.5 Å². The van der Waals surface area contributed by atoms with Crippen LogP contribution in [0.2, 0.25) is 5.02 Å². The van der Waals surface area contributed by atoms with E-state index in [0.29, 0.717) is 0 Å². The third-order valence-corrected chi connectivity index (χ3v) is 5.31. The predicted molar refractivity (Wildman–Crippen MR) is 81.8 cm³/mol. The standard InChI is InChI=1S/C17H24ClN/c1-13-8-10-17(11-9-13,12-19-14-6-7-14)15-4-2-3-5-16(15)18/h2-5,13-14,19H,6-12H2,1H3. The van der Waals surface area contributed by atoms with Crippen molar-refractivity contribution in [2.24, 2.45) is 5.92 Å². The first-order valence-electron chi connectivity index (χ1n) is 7.68. The Labute approximate surface area is 121 Å². The lowest BCUT2D eigenvalue weighted by Gasteiger charge is -2.41. The highest BCUT2D eigenvalue weighted by molar-refractivity contribution is 6.31. The zero-order chi connectivity index (χ0) is 13.3. The molecule has 0 radical (unpaired) electrons. The van der Waals surface area contributed by atoms with Gasteiger partial charge in [-0.15, -0.1) is 0 Å². The molecule has 0 amide bonds. The van der Waals surface area contributed by atoms with Crippen molar-refractivity contribution in [3.8, 4) is 0 Å². The summed E-state index contributed by atoms with van der Waals surface area (Å²) in [6.45, 7) is 3.49. The monoisotopic (exact) mass is 277 g/mol. The van der Waals surface area contributed by atoms with Crippen LogP contribution < -0.4 is 5.32 Å². The molecule has 1 aromatic carbocycles. The summed E-state index contributed by atoms with van der Waals surface area (Å²) in [5, 5.41) is 4.70. The van der Waals surface area contributed by atoms with Crippen molar-refractivity contribution in [3.63, 3.8) is 0 Å². The van der Waals surface area contributed by atoms with Crippen molar-refractivity contribution in [1.82, 2.24) is 5.32 Å². The summed E-state index contributed by atoms with van der Waals surface area (Å²) >= 11 is 6.49. The van der Waals surface area contributed by atoms with Gasteiger partial charge in [0.05, 0.1) is 0 Å². The van der Waals surface area contributed by atoms with Crippen LogP contribution in [0.15, 0.2) is 24.3 Å². The molecule has 0 bridgehead atoms. The van der Waals surface area contributed by atoms with Gasteiger partial charge in [0.2, 0.25) is 0 Å². The van der Waals surface area contributed by atoms with Crippen molar-refractivity contribution in [3.05, 3.63) is 34.9 Å². The Kier molecular flexibility index (Phi) is 3.86. The summed E-state index contributed by atoms with van der Waals surface area (Å²) in [6, 6.07) is 9.25. The Bertz CT molecular complexity index is 431. The minimum absolute atomic E-state index is 0.271. The van der Waals surface area contributed by atoms with E-state index >= 15 is 0 Å². The molecular formula is C17H24ClN. The molecule has 2 saturated carbocycles. The molecule has 104 valence electrons. The highest BCUT2D eigenvalue weighted by atomic mass is 35.5. The molecule has 1 N–H and O–H groups in total. The second kappa shape index (κ2) is 5.46. The number of rotatable bonds is 4. The van der Waals surface area contributed by atoms with Gasteiger partial charge in [-0.05, 0) is 56.1 Å². The lowest BCUT2D eigenvalue weighted by atomic mass is 9.67. The lowest BCUT2D eigenvalue weighted by Crippen LogP contribution is -2.42. The molecule has 0 aliphatic heterocycles. The Hall–Kier alpha value is -0.530. The molecule has 2 fully saturated rings. The summed E-state index contributed by atoms with van der Waals surface area (Å²) in [6.07, 6.45) is 7.92. The number of nitrogens with one attached hydrogen (secondary N) is 1. The van der Waals surface area contributed by atoms with Crippen LogP contribution in [-0.4, -0.2) is 12.6 Å². The second-order valence-electron chi connectivity index (χ2n) is 6.60. The summed E-state index contributed by atoms with van der Waals surface area (Å²) < 4.78 is 0. The second-order valence-corrected chi connectivity index (χ2v) is 7.01. The number of benzene rings is 1. The van der Waals surface area contributed by atoms with E-state index in [1.807, 2.05) is 12.1 Å². The molecule has 0 saturated heterocycles. The summed E-state index contributed by atoms with van der Waals surface area (Å²) in [5.41, 5.74) is 1.64. The van der Waals surface area contributed by atoms with Crippen LogP contribution in [0.1, 0.15) is 51.0 Å². The molecule has 2 aliphatic carbocycles. The van der Waals surface area contributed by atoms with Gasteiger partial charge in [-0.2, -0.15) is 0 Å². The van der Waals surface area contributed by atoms with E-state index in [1.54, 1.807) is 0 Å². The van der Waals surface area contributed by atoms with Crippen molar-refractivity contribution >= 4 is 11.6 Å². The zero-order valence-corrected chi connectivity index (χ0v) is 12.5. The maximum absolute atomic E-state index is 6.49. The van der Waals surface area contributed by atoms with E-state index in [-0.39, 0.29) is 5.41 Å². The fraction of sp³-hybridized carbons (Fsp3) is 0.647. The first-order chi connectivity index (χ1) is 9.20. The third kappa shape index (κ3) is 2.98. The Morgan fingerprint density at radius 2 is 1.84 bits per heavy atom. The van der Waals surface area contributed by atoms with E-state index < -0.39 is 0 Å². The Morgan fingerprint density at radius 3 is 2.47 bits per heavy atom. The summed E-state index contributed by atoms with van der Waals surface area (Å²) in [4.78, 5) is 0. The molecule has 2 heteroatoms. The van der Waals surface area contributed by atoms with Gasteiger partial charge in [-0.3, -0.25) is 0 Å². The van der Waals surface area contributed by atoms with Crippen molar-refractivity contribution in [2.75, 3.05) is 6.54 Å². The van der Waals surface area contributed by atoms with Crippen LogP contribution in [0.4, 0.5) is 0 Å². The molecule has 19 heavy (non-hydrogen) atoms. The number of hydrogen-bond acceptors (Lipinski definition) is 1. The Balaban J connectivity index is 1.84. The minimum atomic E-state index is 0.271. The van der Waals surface area contributed by atoms with Crippen LogP contribution in [0.5, 0.6) is 0 Å².